The summed E-state index contributed by atoms with van der Waals surface area (Å²) >= 11 is 0. The summed E-state index contributed by atoms with van der Waals surface area (Å²) in [5.74, 6) is 1.89. The van der Waals surface area contributed by atoms with Crippen molar-refractivity contribution in [3.63, 3.8) is 0 Å². The standard InChI is InChI=1S/C16H25NO/c17-12-10-15-6-8-16(9-7-15)18-13-11-14-4-2-1-3-5-14/h6-9,14H,1-5,10-13,17H2. The lowest BCUT2D eigenvalue weighted by Crippen LogP contribution is -2.10. The molecule has 1 saturated carbocycles. The van der Waals surface area contributed by atoms with Gasteiger partial charge in [-0.05, 0) is 43.0 Å². The highest BCUT2D eigenvalue weighted by Crippen LogP contribution is 2.26. The van der Waals surface area contributed by atoms with Crippen LogP contribution in [0.4, 0.5) is 0 Å². The maximum absolute atomic E-state index is 5.81. The Morgan fingerprint density at radius 3 is 2.44 bits per heavy atom. The van der Waals surface area contributed by atoms with E-state index >= 15 is 0 Å². The van der Waals surface area contributed by atoms with Gasteiger partial charge < -0.3 is 10.5 Å². The maximum Gasteiger partial charge on any atom is 0.119 e. The molecule has 0 spiro atoms. The zero-order chi connectivity index (χ0) is 12.6. The van der Waals surface area contributed by atoms with Gasteiger partial charge in [0.25, 0.3) is 0 Å². The van der Waals surface area contributed by atoms with Gasteiger partial charge in [-0.1, -0.05) is 44.2 Å². The third-order valence-electron chi connectivity index (χ3n) is 3.88. The van der Waals surface area contributed by atoms with Crippen LogP contribution in [0.2, 0.25) is 0 Å². The molecule has 0 amide bonds. The van der Waals surface area contributed by atoms with Crippen molar-refractivity contribution in [3.05, 3.63) is 29.8 Å². The molecule has 100 valence electrons. The molecule has 0 heterocycles. The molecule has 0 radical (unpaired) electrons. The summed E-state index contributed by atoms with van der Waals surface area (Å²) in [4.78, 5) is 0. The maximum atomic E-state index is 5.81. The second-order valence-corrected chi connectivity index (χ2v) is 5.32. The third-order valence-corrected chi connectivity index (χ3v) is 3.88. The Balaban J connectivity index is 1.69. The van der Waals surface area contributed by atoms with Crippen LogP contribution < -0.4 is 10.5 Å². The highest BCUT2D eigenvalue weighted by molar-refractivity contribution is 5.27. The molecule has 0 aromatic heterocycles. The van der Waals surface area contributed by atoms with Gasteiger partial charge in [0.2, 0.25) is 0 Å². The first kappa shape index (κ1) is 13.4. The predicted molar refractivity (Wildman–Crippen MR) is 75.9 cm³/mol. The van der Waals surface area contributed by atoms with Gasteiger partial charge in [0.1, 0.15) is 5.75 Å². The Labute approximate surface area is 111 Å². The molecule has 0 aliphatic heterocycles. The van der Waals surface area contributed by atoms with Crippen LogP contribution in [0, 0.1) is 5.92 Å². The van der Waals surface area contributed by atoms with Crippen LogP contribution in [0.25, 0.3) is 0 Å². The minimum atomic E-state index is 0.710. The van der Waals surface area contributed by atoms with E-state index in [1.165, 1.54) is 44.1 Å². The van der Waals surface area contributed by atoms with Crippen LogP contribution in [-0.4, -0.2) is 13.2 Å². The molecule has 2 nitrogen and oxygen atoms in total. The summed E-state index contributed by atoms with van der Waals surface area (Å²) in [5.41, 5.74) is 6.82. The van der Waals surface area contributed by atoms with E-state index in [1.807, 2.05) is 0 Å². The minimum absolute atomic E-state index is 0.710. The average Bonchev–Trinajstić information content (AvgIpc) is 2.42. The van der Waals surface area contributed by atoms with Crippen LogP contribution in [0.5, 0.6) is 5.75 Å². The van der Waals surface area contributed by atoms with E-state index in [-0.39, 0.29) is 0 Å². The lowest BCUT2D eigenvalue weighted by atomic mass is 9.87. The van der Waals surface area contributed by atoms with Crippen molar-refractivity contribution in [1.29, 1.82) is 0 Å². The second-order valence-electron chi connectivity index (χ2n) is 5.32. The van der Waals surface area contributed by atoms with Crippen molar-refractivity contribution < 1.29 is 4.74 Å². The zero-order valence-corrected chi connectivity index (χ0v) is 11.2. The third kappa shape index (κ3) is 4.34. The topological polar surface area (TPSA) is 35.2 Å². The van der Waals surface area contributed by atoms with Gasteiger partial charge >= 0.3 is 0 Å². The van der Waals surface area contributed by atoms with Gasteiger partial charge in [-0.25, -0.2) is 0 Å². The number of rotatable bonds is 6. The molecule has 1 aliphatic carbocycles. The molecular weight excluding hydrogens is 222 g/mol. The molecule has 1 aromatic rings. The SMILES string of the molecule is NCCc1ccc(OCCC2CCCCC2)cc1. The quantitative estimate of drug-likeness (QED) is 0.834. The molecule has 0 atom stereocenters. The Hall–Kier alpha value is -1.02. The van der Waals surface area contributed by atoms with Crippen molar-refractivity contribution in [2.75, 3.05) is 13.2 Å². The highest BCUT2D eigenvalue weighted by Gasteiger charge is 2.12. The Kier molecular flexibility index (Phi) is 5.53. The lowest BCUT2D eigenvalue weighted by Gasteiger charge is -2.21. The minimum Gasteiger partial charge on any atom is -0.494 e. The molecule has 0 unspecified atom stereocenters. The van der Waals surface area contributed by atoms with E-state index in [2.05, 4.69) is 24.3 Å². The summed E-state index contributed by atoms with van der Waals surface area (Å²) in [5, 5.41) is 0. The zero-order valence-electron chi connectivity index (χ0n) is 11.2. The van der Waals surface area contributed by atoms with Crippen LogP contribution >= 0.6 is 0 Å². The Bertz CT molecular complexity index is 327. The first-order valence-electron chi connectivity index (χ1n) is 7.30. The van der Waals surface area contributed by atoms with Gasteiger partial charge in [-0.3, -0.25) is 0 Å². The summed E-state index contributed by atoms with van der Waals surface area (Å²) in [6.07, 6.45) is 9.22. The largest absolute Gasteiger partial charge is 0.494 e. The molecule has 2 N–H and O–H groups in total. The van der Waals surface area contributed by atoms with Crippen LogP contribution in [0.1, 0.15) is 44.1 Å². The van der Waals surface area contributed by atoms with Crippen molar-refractivity contribution in [3.8, 4) is 5.75 Å². The van der Waals surface area contributed by atoms with Gasteiger partial charge in [-0.2, -0.15) is 0 Å². The molecule has 0 saturated heterocycles. The number of ether oxygens (including phenoxy) is 1. The van der Waals surface area contributed by atoms with E-state index in [0.29, 0.717) is 6.54 Å². The average molecular weight is 247 g/mol. The fourth-order valence-corrected chi connectivity index (χ4v) is 2.74. The highest BCUT2D eigenvalue weighted by atomic mass is 16.5. The Morgan fingerprint density at radius 2 is 1.78 bits per heavy atom. The van der Waals surface area contributed by atoms with E-state index < -0.39 is 0 Å². The second kappa shape index (κ2) is 7.42. The van der Waals surface area contributed by atoms with Crippen LogP contribution in [0.15, 0.2) is 24.3 Å². The summed E-state index contributed by atoms with van der Waals surface area (Å²) < 4.78 is 5.81. The summed E-state index contributed by atoms with van der Waals surface area (Å²) in [6, 6.07) is 8.35. The Morgan fingerprint density at radius 1 is 1.06 bits per heavy atom. The fourth-order valence-electron chi connectivity index (χ4n) is 2.74. The van der Waals surface area contributed by atoms with Gasteiger partial charge in [-0.15, -0.1) is 0 Å². The molecule has 1 fully saturated rings. The smallest absolute Gasteiger partial charge is 0.119 e. The number of hydrogen-bond donors (Lipinski definition) is 1. The molecule has 18 heavy (non-hydrogen) atoms. The fraction of sp³-hybridized carbons (Fsp3) is 0.625. The molecule has 1 aliphatic rings. The van der Waals surface area contributed by atoms with Gasteiger partial charge in [0, 0.05) is 0 Å². The summed E-state index contributed by atoms with van der Waals surface area (Å²) in [7, 11) is 0. The molecule has 1 aromatic carbocycles. The van der Waals surface area contributed by atoms with Crippen LogP contribution in [-0.2, 0) is 6.42 Å². The number of hydrogen-bond acceptors (Lipinski definition) is 2. The molecule has 2 heteroatoms. The van der Waals surface area contributed by atoms with E-state index in [9.17, 15) is 0 Å². The van der Waals surface area contributed by atoms with Gasteiger partial charge in [0.05, 0.1) is 6.61 Å². The van der Waals surface area contributed by atoms with E-state index in [1.54, 1.807) is 0 Å². The number of benzene rings is 1. The van der Waals surface area contributed by atoms with Crippen LogP contribution in [0.3, 0.4) is 0 Å². The van der Waals surface area contributed by atoms with Crippen molar-refractivity contribution in [1.82, 2.24) is 0 Å². The molecule has 2 rings (SSSR count). The van der Waals surface area contributed by atoms with Crippen molar-refractivity contribution in [2.24, 2.45) is 11.7 Å². The lowest BCUT2D eigenvalue weighted by molar-refractivity contribution is 0.246. The van der Waals surface area contributed by atoms with Gasteiger partial charge in [0.15, 0.2) is 0 Å². The normalized spacial score (nSPS) is 16.7. The number of nitrogens with two attached hydrogens (primary N) is 1. The first-order chi connectivity index (χ1) is 8.88. The monoisotopic (exact) mass is 247 g/mol. The van der Waals surface area contributed by atoms with Crippen molar-refractivity contribution in [2.45, 2.75) is 44.9 Å². The van der Waals surface area contributed by atoms with Crippen molar-refractivity contribution >= 4 is 0 Å². The first-order valence-corrected chi connectivity index (χ1v) is 7.30. The van der Waals surface area contributed by atoms with E-state index in [0.717, 1.165) is 24.7 Å². The summed E-state index contributed by atoms with van der Waals surface area (Å²) in [6.45, 7) is 1.57. The molecule has 0 bridgehead atoms. The predicted octanol–water partition coefficient (Wildman–Crippen LogP) is 3.54. The van der Waals surface area contributed by atoms with E-state index in [4.69, 9.17) is 10.5 Å². The molecular formula is C16H25NO.